The molecule has 2 unspecified atom stereocenters. The number of rotatable bonds is 4. The fourth-order valence-corrected chi connectivity index (χ4v) is 4.96. The second-order valence-corrected chi connectivity index (χ2v) is 9.29. The number of ether oxygens (including phenoxy) is 1. The maximum absolute atomic E-state index is 14.1. The van der Waals surface area contributed by atoms with E-state index >= 15 is 0 Å². The van der Waals surface area contributed by atoms with Crippen LogP contribution in [0.25, 0.3) is 0 Å². The van der Waals surface area contributed by atoms with Crippen LogP contribution >= 0.6 is 23.5 Å². The topological polar surface area (TPSA) is 9.23 Å². The first-order chi connectivity index (χ1) is 12.7. The van der Waals surface area contributed by atoms with Crippen molar-refractivity contribution in [1.29, 1.82) is 0 Å². The van der Waals surface area contributed by atoms with Crippen LogP contribution in [0, 0.1) is 5.82 Å². The van der Waals surface area contributed by atoms with Crippen LogP contribution in [-0.4, -0.2) is 17.6 Å². The zero-order valence-corrected chi connectivity index (χ0v) is 16.6. The predicted octanol–water partition coefficient (Wildman–Crippen LogP) is 6.97. The average Bonchev–Trinajstić information content (AvgIpc) is 2.61. The molecule has 1 saturated heterocycles. The summed E-state index contributed by atoms with van der Waals surface area (Å²) >= 11 is 2.77. The zero-order chi connectivity index (χ0) is 19.7. The molecule has 0 saturated carbocycles. The third-order valence-corrected chi connectivity index (χ3v) is 6.76. The molecule has 1 aliphatic heterocycles. The molecule has 1 nitrogen and oxygen atoms in total. The van der Waals surface area contributed by atoms with E-state index in [4.69, 9.17) is 4.74 Å². The summed E-state index contributed by atoms with van der Waals surface area (Å²) in [4.78, 5) is 1.16. The first-order valence-electron chi connectivity index (χ1n) is 8.51. The molecular weight excluding hydrogens is 396 g/mol. The first kappa shape index (κ1) is 20.6. The minimum Gasteiger partial charge on any atom is -0.373 e. The fourth-order valence-electron chi connectivity index (χ4n) is 3.18. The zero-order valence-electron chi connectivity index (χ0n) is 15.0. The molecule has 1 heterocycles. The number of alkyl halides is 3. The number of hydrogen-bond acceptors (Lipinski definition) is 3. The quantitative estimate of drug-likeness (QED) is 0.393. The lowest BCUT2D eigenvalue weighted by molar-refractivity contribution is -0.137. The molecule has 0 radical (unpaired) electrons. The molecule has 0 spiro atoms. The maximum atomic E-state index is 14.1. The lowest BCUT2D eigenvalue weighted by atomic mass is 9.92. The molecule has 1 aliphatic rings. The Hall–Kier alpha value is -1.18. The molecule has 2 aromatic carbocycles. The highest BCUT2D eigenvalue weighted by Crippen LogP contribution is 2.46. The van der Waals surface area contributed by atoms with E-state index in [0.29, 0.717) is 22.8 Å². The van der Waals surface area contributed by atoms with E-state index in [1.165, 1.54) is 41.7 Å². The van der Waals surface area contributed by atoms with Crippen LogP contribution in [-0.2, 0) is 10.9 Å². The number of thioether (sulfide) groups is 2. The Bertz CT molecular complexity index is 809. The minimum atomic E-state index is -4.35. The van der Waals surface area contributed by atoms with Gasteiger partial charge in [0.1, 0.15) is 5.82 Å². The van der Waals surface area contributed by atoms with Crippen LogP contribution in [0.3, 0.4) is 0 Å². The smallest absolute Gasteiger partial charge is 0.373 e. The molecule has 2 aromatic rings. The van der Waals surface area contributed by atoms with Crippen LogP contribution in [0.5, 0.6) is 0 Å². The molecular formula is C20H20F4OS2. The van der Waals surface area contributed by atoms with E-state index < -0.39 is 11.7 Å². The van der Waals surface area contributed by atoms with Gasteiger partial charge in [-0.05, 0) is 61.9 Å². The van der Waals surface area contributed by atoms with Gasteiger partial charge in [-0.3, -0.25) is 0 Å². The molecule has 0 amide bonds. The average molecular weight is 417 g/mol. The molecule has 0 N–H and O–H groups in total. The van der Waals surface area contributed by atoms with Gasteiger partial charge in [-0.2, -0.15) is 13.2 Å². The van der Waals surface area contributed by atoms with Crippen LogP contribution < -0.4 is 0 Å². The monoisotopic (exact) mass is 416 g/mol. The van der Waals surface area contributed by atoms with Crippen molar-refractivity contribution >= 4 is 23.5 Å². The summed E-state index contributed by atoms with van der Waals surface area (Å²) in [6.45, 7) is 2.51. The summed E-state index contributed by atoms with van der Waals surface area (Å²) in [6, 6.07) is 10.5. The van der Waals surface area contributed by atoms with E-state index in [1.54, 1.807) is 12.1 Å². The highest BCUT2D eigenvalue weighted by Gasteiger charge is 2.36. The minimum absolute atomic E-state index is 0.271. The van der Waals surface area contributed by atoms with Crippen molar-refractivity contribution in [2.75, 3.05) is 12.9 Å². The Morgan fingerprint density at radius 3 is 2.59 bits per heavy atom. The second-order valence-electron chi connectivity index (χ2n) is 6.79. The molecule has 3 rings (SSSR count). The fraction of sp³-hybridized carbons (Fsp3) is 0.400. The lowest BCUT2D eigenvalue weighted by Crippen LogP contribution is -2.31. The Morgan fingerprint density at radius 1 is 1.15 bits per heavy atom. The van der Waals surface area contributed by atoms with Crippen LogP contribution in [0.4, 0.5) is 17.6 Å². The summed E-state index contributed by atoms with van der Waals surface area (Å²) in [5, 5.41) is 0. The molecule has 0 aliphatic carbocycles. The van der Waals surface area contributed by atoms with Crippen LogP contribution in [0.15, 0.2) is 52.3 Å². The molecule has 0 bridgehead atoms. The third-order valence-electron chi connectivity index (χ3n) is 4.64. The van der Waals surface area contributed by atoms with E-state index in [-0.39, 0.29) is 16.7 Å². The SMILES string of the molecule is CSc1ccc(C2CC(C)(Sc3cccc(C(F)(F)F)c3)CCO2)cc1F. The van der Waals surface area contributed by atoms with Crippen LogP contribution in [0.2, 0.25) is 0 Å². The van der Waals surface area contributed by atoms with Gasteiger partial charge in [0, 0.05) is 21.1 Å². The standard InChI is InChI=1S/C20H20F4OS2/c1-19(27-15-5-3-4-14(11-15)20(22,23)24)8-9-25-17(12-19)13-6-7-18(26-2)16(21)10-13/h3-7,10-11,17H,8-9,12H2,1-2H3. The van der Waals surface area contributed by atoms with Gasteiger partial charge in [-0.15, -0.1) is 23.5 Å². The van der Waals surface area contributed by atoms with Gasteiger partial charge in [-0.25, -0.2) is 4.39 Å². The lowest BCUT2D eigenvalue weighted by Gasteiger charge is -2.38. The van der Waals surface area contributed by atoms with E-state index in [2.05, 4.69) is 0 Å². The highest BCUT2D eigenvalue weighted by molar-refractivity contribution is 8.00. The van der Waals surface area contributed by atoms with Crippen LogP contribution in [0.1, 0.15) is 37.0 Å². The molecule has 27 heavy (non-hydrogen) atoms. The van der Waals surface area contributed by atoms with Crippen molar-refractivity contribution in [3.8, 4) is 0 Å². The van der Waals surface area contributed by atoms with E-state index in [1.807, 2.05) is 19.2 Å². The summed E-state index contributed by atoms with van der Waals surface area (Å²) in [6.07, 6.45) is -1.49. The van der Waals surface area contributed by atoms with Crippen molar-refractivity contribution in [2.24, 2.45) is 0 Å². The second kappa shape index (κ2) is 8.05. The summed E-state index contributed by atoms with van der Waals surface area (Å²) in [5.41, 5.74) is 0.121. The summed E-state index contributed by atoms with van der Waals surface area (Å²) in [7, 11) is 0. The Morgan fingerprint density at radius 2 is 1.93 bits per heavy atom. The molecule has 146 valence electrons. The molecule has 0 aromatic heterocycles. The van der Waals surface area contributed by atoms with E-state index in [0.717, 1.165) is 18.1 Å². The van der Waals surface area contributed by atoms with Gasteiger partial charge in [0.2, 0.25) is 0 Å². The number of benzene rings is 2. The van der Waals surface area contributed by atoms with Crippen molar-refractivity contribution in [3.63, 3.8) is 0 Å². The Kier molecular flexibility index (Phi) is 6.13. The van der Waals surface area contributed by atoms with Crippen molar-refractivity contribution < 1.29 is 22.3 Å². The predicted molar refractivity (Wildman–Crippen MR) is 102 cm³/mol. The number of hydrogen-bond donors (Lipinski definition) is 0. The Labute approximate surface area is 164 Å². The normalized spacial score (nSPS) is 23.4. The Balaban J connectivity index is 1.77. The van der Waals surface area contributed by atoms with Gasteiger partial charge in [0.15, 0.2) is 0 Å². The number of halogens is 4. The van der Waals surface area contributed by atoms with Gasteiger partial charge >= 0.3 is 6.18 Å². The first-order valence-corrected chi connectivity index (χ1v) is 10.6. The maximum Gasteiger partial charge on any atom is 0.416 e. The van der Waals surface area contributed by atoms with E-state index in [9.17, 15) is 17.6 Å². The molecule has 7 heteroatoms. The molecule has 2 atom stereocenters. The van der Waals surface area contributed by atoms with Gasteiger partial charge in [0.25, 0.3) is 0 Å². The van der Waals surface area contributed by atoms with Gasteiger partial charge in [-0.1, -0.05) is 12.1 Å². The van der Waals surface area contributed by atoms with Crippen molar-refractivity contribution in [3.05, 3.63) is 59.4 Å². The third kappa shape index (κ3) is 5.00. The van der Waals surface area contributed by atoms with Crippen molar-refractivity contribution in [2.45, 2.75) is 46.6 Å². The largest absolute Gasteiger partial charge is 0.416 e. The van der Waals surface area contributed by atoms with Crippen molar-refractivity contribution in [1.82, 2.24) is 0 Å². The molecule has 1 fully saturated rings. The van der Waals surface area contributed by atoms with Gasteiger partial charge < -0.3 is 4.74 Å². The highest BCUT2D eigenvalue weighted by atomic mass is 32.2. The summed E-state index contributed by atoms with van der Waals surface area (Å²) < 4.78 is 58.5. The summed E-state index contributed by atoms with van der Waals surface area (Å²) in [5.74, 6) is -0.276. The van der Waals surface area contributed by atoms with Gasteiger partial charge in [0.05, 0.1) is 11.7 Å².